The van der Waals surface area contributed by atoms with Crippen molar-refractivity contribution in [2.24, 2.45) is 18.9 Å². The number of fused-ring (bicyclic) bond motifs is 1. The highest BCUT2D eigenvalue weighted by molar-refractivity contribution is 5.94. The van der Waals surface area contributed by atoms with Gasteiger partial charge in [0.25, 0.3) is 0 Å². The first-order valence-corrected chi connectivity index (χ1v) is 11.8. The summed E-state index contributed by atoms with van der Waals surface area (Å²) < 4.78 is 2.38. The minimum Gasteiger partial charge on any atom is -0.198 e. The largest absolute Gasteiger partial charge is 0.220 e. The molecule has 0 aliphatic rings. The van der Waals surface area contributed by atoms with Gasteiger partial charge in [0.15, 0.2) is 5.69 Å². The van der Waals surface area contributed by atoms with Crippen LogP contribution in [0.1, 0.15) is 75.4 Å². The monoisotopic (exact) mass is 402 g/mol. The highest BCUT2D eigenvalue weighted by atomic mass is 14.9. The predicted molar refractivity (Wildman–Crippen MR) is 131 cm³/mol. The Kier molecular flexibility index (Phi) is 6.70. The van der Waals surface area contributed by atoms with Gasteiger partial charge in [-0.15, -0.1) is 0 Å². The lowest BCUT2D eigenvalue weighted by molar-refractivity contribution is -0.665. The Hall–Kier alpha value is -2.15. The molecule has 0 bridgehead atoms. The van der Waals surface area contributed by atoms with Crippen LogP contribution in [-0.4, -0.2) is 0 Å². The SMILES string of the molecule is CCc1cc(CC)c(C)c(-c2c3ccc(C(C(C)C)C(C)C)cc3cc(C)[n+]2C)c1. The zero-order chi connectivity index (χ0) is 22.2. The topological polar surface area (TPSA) is 3.88 Å². The van der Waals surface area contributed by atoms with Crippen LogP contribution in [0.2, 0.25) is 0 Å². The zero-order valence-corrected chi connectivity index (χ0v) is 20.6. The molecule has 2 aromatic carbocycles. The fourth-order valence-electron chi connectivity index (χ4n) is 5.33. The van der Waals surface area contributed by atoms with E-state index in [4.69, 9.17) is 0 Å². The second-order valence-corrected chi connectivity index (χ2v) is 9.69. The second-order valence-electron chi connectivity index (χ2n) is 9.69. The lowest BCUT2D eigenvalue weighted by Gasteiger charge is -2.26. The molecule has 0 unspecified atom stereocenters. The Balaban J connectivity index is 2.33. The Morgan fingerprint density at radius 3 is 2.07 bits per heavy atom. The molecule has 160 valence electrons. The van der Waals surface area contributed by atoms with Crippen molar-refractivity contribution in [2.45, 2.75) is 74.1 Å². The summed E-state index contributed by atoms with van der Waals surface area (Å²) in [6, 6.07) is 14.4. The molecule has 0 aliphatic carbocycles. The van der Waals surface area contributed by atoms with Gasteiger partial charge in [-0.3, -0.25) is 0 Å². The van der Waals surface area contributed by atoms with Crippen molar-refractivity contribution < 1.29 is 4.57 Å². The number of benzene rings is 2. The molecule has 1 aromatic heterocycles. The minimum atomic E-state index is 0.587. The first kappa shape index (κ1) is 22.5. The maximum Gasteiger partial charge on any atom is 0.220 e. The molecule has 0 spiro atoms. The van der Waals surface area contributed by atoms with Crippen LogP contribution in [-0.2, 0) is 19.9 Å². The molecule has 1 nitrogen and oxygen atoms in total. The van der Waals surface area contributed by atoms with E-state index in [1.54, 1.807) is 0 Å². The fourth-order valence-corrected chi connectivity index (χ4v) is 5.33. The first-order valence-electron chi connectivity index (χ1n) is 11.8. The molecule has 1 heteroatoms. The van der Waals surface area contributed by atoms with Crippen LogP contribution in [0, 0.1) is 25.7 Å². The van der Waals surface area contributed by atoms with Crippen LogP contribution in [0.15, 0.2) is 36.4 Å². The van der Waals surface area contributed by atoms with Crippen LogP contribution in [0.25, 0.3) is 22.0 Å². The molecule has 0 N–H and O–H groups in total. The summed E-state index contributed by atoms with van der Waals surface area (Å²) >= 11 is 0. The highest BCUT2D eigenvalue weighted by Gasteiger charge is 2.24. The van der Waals surface area contributed by atoms with Crippen LogP contribution < -0.4 is 4.57 Å². The van der Waals surface area contributed by atoms with Gasteiger partial charge in [-0.2, -0.15) is 4.57 Å². The summed E-state index contributed by atoms with van der Waals surface area (Å²) in [7, 11) is 2.22. The quantitative estimate of drug-likeness (QED) is 0.376. The molecular formula is C29H40N+. The smallest absolute Gasteiger partial charge is 0.198 e. The van der Waals surface area contributed by atoms with Gasteiger partial charge in [0, 0.05) is 13.0 Å². The number of aryl methyl sites for hydroxylation is 3. The molecule has 3 aromatic rings. The molecule has 0 aliphatic heterocycles. The average Bonchev–Trinajstić information content (AvgIpc) is 2.69. The van der Waals surface area contributed by atoms with Crippen LogP contribution in [0.5, 0.6) is 0 Å². The fraction of sp³-hybridized carbons (Fsp3) is 0.483. The van der Waals surface area contributed by atoms with Crippen molar-refractivity contribution in [1.29, 1.82) is 0 Å². The van der Waals surface area contributed by atoms with Crippen LogP contribution in [0.4, 0.5) is 0 Å². The molecule has 1 heterocycles. The molecule has 0 atom stereocenters. The Labute approximate surface area is 184 Å². The number of hydrogen-bond donors (Lipinski definition) is 0. The number of pyridine rings is 1. The summed E-state index contributed by atoms with van der Waals surface area (Å²) in [6.07, 6.45) is 2.15. The predicted octanol–water partition coefficient (Wildman–Crippen LogP) is 7.47. The maximum atomic E-state index is 2.45. The van der Waals surface area contributed by atoms with Crippen LogP contribution in [0.3, 0.4) is 0 Å². The van der Waals surface area contributed by atoms with Gasteiger partial charge in [0.2, 0.25) is 5.69 Å². The maximum absolute atomic E-state index is 2.45. The van der Waals surface area contributed by atoms with Gasteiger partial charge < -0.3 is 0 Å². The van der Waals surface area contributed by atoms with E-state index in [1.165, 1.54) is 50.0 Å². The van der Waals surface area contributed by atoms with Gasteiger partial charge in [0.1, 0.15) is 7.05 Å². The van der Waals surface area contributed by atoms with Crippen molar-refractivity contribution in [3.8, 4) is 11.3 Å². The molecular weight excluding hydrogens is 362 g/mol. The summed E-state index contributed by atoms with van der Waals surface area (Å²) in [6.45, 7) is 18.5. The summed E-state index contributed by atoms with van der Waals surface area (Å²) in [5.41, 5.74) is 9.83. The van der Waals surface area contributed by atoms with Gasteiger partial charge in [-0.1, -0.05) is 59.7 Å². The molecule has 0 radical (unpaired) electrons. The molecule has 0 fully saturated rings. The zero-order valence-electron chi connectivity index (χ0n) is 20.6. The normalized spacial score (nSPS) is 12.0. The van der Waals surface area contributed by atoms with Crippen molar-refractivity contribution in [1.82, 2.24) is 0 Å². The molecule has 30 heavy (non-hydrogen) atoms. The number of hydrogen-bond acceptors (Lipinski definition) is 0. The molecule has 3 rings (SSSR count). The minimum absolute atomic E-state index is 0.587. The number of rotatable bonds is 6. The van der Waals surface area contributed by atoms with Crippen molar-refractivity contribution in [3.05, 3.63) is 64.3 Å². The third-order valence-corrected chi connectivity index (χ3v) is 7.00. The number of aromatic nitrogens is 1. The summed E-state index contributed by atoms with van der Waals surface area (Å²) in [4.78, 5) is 0. The van der Waals surface area contributed by atoms with E-state index in [0.717, 1.165) is 12.8 Å². The lowest BCUT2D eigenvalue weighted by atomic mass is 9.79. The Morgan fingerprint density at radius 2 is 1.50 bits per heavy atom. The third-order valence-electron chi connectivity index (χ3n) is 7.00. The standard InChI is InChI=1S/C29H40N/c1-10-22-15-23(11-2)21(8)27(16-22)29-26-13-12-24(28(18(3)4)19(5)6)17-25(26)14-20(7)30(29)9/h12-19,28H,10-11H2,1-9H3/q+1. The first-order chi connectivity index (χ1) is 14.2. The van der Waals surface area contributed by atoms with E-state index < -0.39 is 0 Å². The van der Waals surface area contributed by atoms with E-state index in [9.17, 15) is 0 Å². The Bertz CT molecular complexity index is 1050. The molecule has 0 saturated carbocycles. The molecule has 0 saturated heterocycles. The van der Waals surface area contributed by atoms with Crippen LogP contribution >= 0.6 is 0 Å². The number of nitrogens with zero attached hydrogens (tertiary/aromatic N) is 1. The van der Waals surface area contributed by atoms with E-state index in [2.05, 4.69) is 103 Å². The molecule has 0 amide bonds. The summed E-state index contributed by atoms with van der Waals surface area (Å²) in [5.74, 6) is 1.86. The van der Waals surface area contributed by atoms with E-state index in [1.807, 2.05) is 0 Å². The van der Waals surface area contributed by atoms with Crippen molar-refractivity contribution in [3.63, 3.8) is 0 Å². The van der Waals surface area contributed by atoms with Gasteiger partial charge in [-0.05, 0) is 77.3 Å². The lowest BCUT2D eigenvalue weighted by Crippen LogP contribution is -2.35. The van der Waals surface area contributed by atoms with E-state index in [0.29, 0.717) is 17.8 Å². The van der Waals surface area contributed by atoms with Gasteiger partial charge >= 0.3 is 0 Å². The Morgan fingerprint density at radius 1 is 0.833 bits per heavy atom. The van der Waals surface area contributed by atoms with Crippen molar-refractivity contribution in [2.75, 3.05) is 0 Å². The van der Waals surface area contributed by atoms with E-state index in [-0.39, 0.29) is 0 Å². The third kappa shape index (κ3) is 4.04. The van der Waals surface area contributed by atoms with Gasteiger partial charge in [0.05, 0.1) is 10.9 Å². The average molecular weight is 403 g/mol. The van der Waals surface area contributed by atoms with E-state index >= 15 is 0 Å². The highest BCUT2D eigenvalue weighted by Crippen LogP contribution is 2.36. The van der Waals surface area contributed by atoms with Gasteiger partial charge in [-0.25, -0.2) is 0 Å². The second kappa shape index (κ2) is 8.92. The summed E-state index contributed by atoms with van der Waals surface area (Å²) in [5, 5.41) is 2.72. The van der Waals surface area contributed by atoms with Crippen molar-refractivity contribution >= 4 is 10.8 Å².